The molecule has 0 spiro atoms. The maximum atomic E-state index is 11.3. The van der Waals surface area contributed by atoms with Crippen molar-refractivity contribution in [3.63, 3.8) is 0 Å². The molecule has 1 heterocycles. The van der Waals surface area contributed by atoms with Gasteiger partial charge in [0.15, 0.2) is 0 Å². The molecule has 2 rings (SSSR count). The van der Waals surface area contributed by atoms with Crippen molar-refractivity contribution in [1.82, 2.24) is 9.78 Å². The number of nitrogens with two attached hydrogens (primary N) is 1. The molecular formula is C12H15N3O3S. The van der Waals surface area contributed by atoms with Crippen LogP contribution >= 0.6 is 0 Å². The minimum Gasteiger partial charge on any atom is -0.489 e. The van der Waals surface area contributed by atoms with E-state index >= 15 is 0 Å². The van der Waals surface area contributed by atoms with E-state index < -0.39 is 10.0 Å². The Hall–Kier alpha value is -1.86. The molecule has 0 fully saturated rings. The Morgan fingerprint density at radius 1 is 1.42 bits per heavy atom. The number of aromatic nitrogens is 2. The normalized spacial score (nSPS) is 11.5. The fourth-order valence-corrected chi connectivity index (χ4v) is 2.51. The van der Waals surface area contributed by atoms with Crippen molar-refractivity contribution in [3.05, 3.63) is 41.7 Å². The largest absolute Gasteiger partial charge is 0.489 e. The molecule has 0 radical (unpaired) electrons. The molecule has 1 aromatic carbocycles. The monoisotopic (exact) mass is 281 g/mol. The lowest BCUT2D eigenvalue weighted by molar-refractivity contribution is 0.305. The SMILES string of the molecule is Cc1cc(OCc2cnn(C)c2)ccc1S(N)(=O)=O. The van der Waals surface area contributed by atoms with Gasteiger partial charge in [0.25, 0.3) is 0 Å². The molecule has 0 aliphatic carbocycles. The lowest BCUT2D eigenvalue weighted by Gasteiger charge is -2.08. The van der Waals surface area contributed by atoms with Gasteiger partial charge >= 0.3 is 0 Å². The summed E-state index contributed by atoms with van der Waals surface area (Å²) in [6.45, 7) is 2.05. The molecule has 6 nitrogen and oxygen atoms in total. The van der Waals surface area contributed by atoms with E-state index in [0.29, 0.717) is 17.9 Å². The van der Waals surface area contributed by atoms with Gasteiger partial charge in [-0.2, -0.15) is 5.10 Å². The van der Waals surface area contributed by atoms with Gasteiger partial charge in [-0.25, -0.2) is 13.6 Å². The van der Waals surface area contributed by atoms with Crippen LogP contribution in [0.15, 0.2) is 35.5 Å². The van der Waals surface area contributed by atoms with Gasteiger partial charge in [-0.15, -0.1) is 0 Å². The molecular weight excluding hydrogens is 266 g/mol. The van der Waals surface area contributed by atoms with Crippen LogP contribution in [0.1, 0.15) is 11.1 Å². The highest BCUT2D eigenvalue weighted by atomic mass is 32.2. The van der Waals surface area contributed by atoms with E-state index in [1.807, 2.05) is 13.2 Å². The van der Waals surface area contributed by atoms with Crippen LogP contribution in [0.2, 0.25) is 0 Å². The molecule has 2 N–H and O–H groups in total. The summed E-state index contributed by atoms with van der Waals surface area (Å²) in [5.41, 5.74) is 1.50. The Morgan fingerprint density at radius 2 is 2.16 bits per heavy atom. The van der Waals surface area contributed by atoms with E-state index in [-0.39, 0.29) is 4.90 Å². The molecule has 102 valence electrons. The predicted octanol–water partition coefficient (Wildman–Crippen LogP) is 0.955. The number of primary sulfonamides is 1. The third-order valence-corrected chi connectivity index (χ3v) is 3.69. The zero-order valence-corrected chi connectivity index (χ0v) is 11.5. The molecule has 7 heteroatoms. The van der Waals surface area contributed by atoms with Crippen LogP contribution in [0.3, 0.4) is 0 Å². The first kappa shape index (κ1) is 13.6. The van der Waals surface area contributed by atoms with E-state index in [2.05, 4.69) is 5.10 Å². The first-order valence-electron chi connectivity index (χ1n) is 5.60. The molecule has 2 aromatic rings. The zero-order chi connectivity index (χ0) is 14.0. The molecule has 0 aliphatic heterocycles. The summed E-state index contributed by atoms with van der Waals surface area (Å²) in [5, 5.41) is 9.13. The Kier molecular flexibility index (Phi) is 3.59. The van der Waals surface area contributed by atoms with E-state index in [1.54, 1.807) is 29.9 Å². The van der Waals surface area contributed by atoms with Gasteiger partial charge in [0, 0.05) is 18.8 Å². The summed E-state index contributed by atoms with van der Waals surface area (Å²) in [6, 6.07) is 4.68. The van der Waals surface area contributed by atoms with Crippen LogP contribution in [0.4, 0.5) is 0 Å². The van der Waals surface area contributed by atoms with Crippen molar-refractivity contribution < 1.29 is 13.2 Å². The average Bonchev–Trinajstić information content (AvgIpc) is 2.71. The summed E-state index contributed by atoms with van der Waals surface area (Å²) in [4.78, 5) is 0.112. The predicted molar refractivity (Wildman–Crippen MR) is 70.1 cm³/mol. The summed E-state index contributed by atoms with van der Waals surface area (Å²) in [7, 11) is -1.85. The molecule has 0 saturated heterocycles. The number of hydrogen-bond acceptors (Lipinski definition) is 4. The molecule has 19 heavy (non-hydrogen) atoms. The van der Waals surface area contributed by atoms with Gasteiger partial charge in [-0.1, -0.05) is 0 Å². The number of ether oxygens (including phenoxy) is 1. The Balaban J connectivity index is 2.12. The Bertz CT molecular complexity index is 692. The summed E-state index contributed by atoms with van der Waals surface area (Å²) in [6.07, 6.45) is 3.57. The van der Waals surface area contributed by atoms with E-state index in [1.165, 1.54) is 6.07 Å². The van der Waals surface area contributed by atoms with Crippen LogP contribution in [0.25, 0.3) is 0 Å². The van der Waals surface area contributed by atoms with Crippen molar-refractivity contribution in [2.75, 3.05) is 0 Å². The summed E-state index contributed by atoms with van der Waals surface area (Å²) in [5.74, 6) is 0.591. The maximum absolute atomic E-state index is 11.3. The topological polar surface area (TPSA) is 87.2 Å². The Labute approximate surface area is 111 Å². The maximum Gasteiger partial charge on any atom is 0.238 e. The number of benzene rings is 1. The molecule has 0 aliphatic rings. The van der Waals surface area contributed by atoms with Gasteiger partial charge in [0.05, 0.1) is 11.1 Å². The van der Waals surface area contributed by atoms with Crippen LogP contribution in [0.5, 0.6) is 5.75 Å². The average molecular weight is 281 g/mol. The zero-order valence-electron chi connectivity index (χ0n) is 10.7. The van der Waals surface area contributed by atoms with Gasteiger partial charge in [0.1, 0.15) is 12.4 Å². The highest BCUT2D eigenvalue weighted by Crippen LogP contribution is 2.20. The first-order chi connectivity index (χ1) is 8.86. The quantitative estimate of drug-likeness (QED) is 0.904. The molecule has 1 aromatic heterocycles. The summed E-state index contributed by atoms with van der Waals surface area (Å²) >= 11 is 0. The molecule has 0 unspecified atom stereocenters. The van der Waals surface area contributed by atoms with Gasteiger partial charge in [0.2, 0.25) is 10.0 Å². The van der Waals surface area contributed by atoms with Crippen LogP contribution in [-0.4, -0.2) is 18.2 Å². The van der Waals surface area contributed by atoms with Gasteiger partial charge < -0.3 is 4.74 Å². The molecule has 0 saturated carbocycles. The van der Waals surface area contributed by atoms with Gasteiger partial charge in [-0.3, -0.25) is 4.68 Å². The van der Waals surface area contributed by atoms with Crippen molar-refractivity contribution in [2.45, 2.75) is 18.4 Å². The fourth-order valence-electron chi connectivity index (χ4n) is 1.74. The third kappa shape index (κ3) is 3.33. The fraction of sp³-hybridized carbons (Fsp3) is 0.250. The second-order valence-electron chi connectivity index (χ2n) is 4.28. The number of nitrogens with zero attached hydrogens (tertiary/aromatic N) is 2. The first-order valence-corrected chi connectivity index (χ1v) is 7.14. The highest BCUT2D eigenvalue weighted by Gasteiger charge is 2.11. The van der Waals surface area contributed by atoms with Crippen molar-refractivity contribution >= 4 is 10.0 Å². The molecule has 0 amide bonds. The van der Waals surface area contributed by atoms with Crippen molar-refractivity contribution in [2.24, 2.45) is 12.2 Å². The molecule has 0 atom stereocenters. The van der Waals surface area contributed by atoms with E-state index in [4.69, 9.17) is 9.88 Å². The van der Waals surface area contributed by atoms with E-state index in [9.17, 15) is 8.42 Å². The minimum absolute atomic E-state index is 0.112. The lowest BCUT2D eigenvalue weighted by Crippen LogP contribution is -2.13. The number of hydrogen-bond donors (Lipinski definition) is 1. The second-order valence-corrected chi connectivity index (χ2v) is 5.81. The standard InChI is InChI=1S/C12H15N3O3S/c1-9-5-11(3-4-12(9)19(13,16)17)18-8-10-6-14-15(2)7-10/h3-7H,8H2,1-2H3,(H2,13,16,17). The molecule has 0 bridgehead atoms. The smallest absolute Gasteiger partial charge is 0.238 e. The Morgan fingerprint density at radius 3 is 2.68 bits per heavy atom. The second kappa shape index (κ2) is 5.02. The van der Waals surface area contributed by atoms with Crippen molar-refractivity contribution in [1.29, 1.82) is 0 Å². The van der Waals surface area contributed by atoms with Crippen molar-refractivity contribution in [3.8, 4) is 5.75 Å². The number of rotatable bonds is 4. The van der Waals surface area contributed by atoms with Crippen LogP contribution < -0.4 is 9.88 Å². The van der Waals surface area contributed by atoms with Gasteiger partial charge in [-0.05, 0) is 30.7 Å². The lowest BCUT2D eigenvalue weighted by atomic mass is 10.2. The van der Waals surface area contributed by atoms with Crippen LogP contribution in [-0.2, 0) is 23.7 Å². The highest BCUT2D eigenvalue weighted by molar-refractivity contribution is 7.89. The number of sulfonamides is 1. The van der Waals surface area contributed by atoms with Crippen LogP contribution in [0, 0.1) is 6.92 Å². The number of aryl methyl sites for hydroxylation is 2. The van der Waals surface area contributed by atoms with E-state index in [0.717, 1.165) is 5.56 Å². The summed E-state index contributed by atoms with van der Waals surface area (Å²) < 4.78 is 29.8. The third-order valence-electron chi connectivity index (χ3n) is 2.62. The minimum atomic E-state index is -3.68.